The van der Waals surface area contributed by atoms with E-state index in [9.17, 15) is 8.42 Å². The number of benzene rings is 1. The van der Waals surface area contributed by atoms with E-state index in [-0.39, 0.29) is 0 Å². The predicted octanol–water partition coefficient (Wildman–Crippen LogP) is 3.22. The van der Waals surface area contributed by atoms with E-state index in [1.165, 1.54) is 11.3 Å². The van der Waals surface area contributed by atoms with Crippen molar-refractivity contribution in [3.8, 4) is 0 Å². The van der Waals surface area contributed by atoms with Crippen LogP contribution >= 0.6 is 22.9 Å². The van der Waals surface area contributed by atoms with E-state index >= 15 is 0 Å². The highest BCUT2D eigenvalue weighted by atomic mass is 35.5. The molecule has 1 aromatic heterocycles. The molecule has 0 unspecified atom stereocenters. The fourth-order valence-corrected chi connectivity index (χ4v) is 5.71. The second-order valence-corrected chi connectivity index (χ2v) is 9.12. The van der Waals surface area contributed by atoms with Crippen molar-refractivity contribution >= 4 is 38.6 Å². The number of nitrogens with zero attached hydrogens (tertiary/aromatic N) is 2. The number of anilines is 1. The highest BCUT2D eigenvalue weighted by molar-refractivity contribution is 7.91. The van der Waals surface area contributed by atoms with Crippen LogP contribution in [-0.4, -0.2) is 38.9 Å². The van der Waals surface area contributed by atoms with Crippen LogP contribution in [0.15, 0.2) is 40.6 Å². The topological polar surface area (TPSA) is 40.6 Å². The monoisotopic (exact) mass is 356 g/mol. The highest BCUT2D eigenvalue weighted by Crippen LogP contribution is 2.29. The Hall–Kier alpha value is -1.08. The normalized spacial score (nSPS) is 16.9. The van der Waals surface area contributed by atoms with E-state index in [1.54, 1.807) is 16.4 Å². The maximum absolute atomic E-state index is 12.6. The summed E-state index contributed by atoms with van der Waals surface area (Å²) < 4.78 is 27.5. The largest absolute Gasteiger partial charge is 0.369 e. The van der Waals surface area contributed by atoms with Crippen LogP contribution in [0.1, 0.15) is 5.56 Å². The lowest BCUT2D eigenvalue weighted by molar-refractivity contribution is 0.385. The van der Waals surface area contributed by atoms with E-state index in [4.69, 9.17) is 11.6 Å². The molecule has 3 rings (SSSR count). The van der Waals surface area contributed by atoms with Gasteiger partial charge >= 0.3 is 0 Å². The minimum atomic E-state index is -3.42. The standard InChI is InChI=1S/C15H17ClN2O2S2/c1-12-4-2-3-5-13(12)17-8-10-18(11-9-17)22(19,20)15-7-6-14(16)21-15/h2-7H,8-11H2,1H3. The number of thiophene rings is 1. The SMILES string of the molecule is Cc1ccccc1N1CCN(S(=O)(=O)c2ccc(Cl)s2)CC1. The van der Waals surface area contributed by atoms with Gasteiger partial charge in [-0.25, -0.2) is 8.42 Å². The number of hydrogen-bond donors (Lipinski definition) is 0. The van der Waals surface area contributed by atoms with E-state index < -0.39 is 10.0 Å². The summed E-state index contributed by atoms with van der Waals surface area (Å²) in [5.41, 5.74) is 2.39. The second kappa shape index (κ2) is 6.20. The first-order valence-electron chi connectivity index (χ1n) is 7.04. The van der Waals surface area contributed by atoms with Gasteiger partial charge in [0.15, 0.2) is 0 Å². The summed E-state index contributed by atoms with van der Waals surface area (Å²) in [5.74, 6) is 0. The van der Waals surface area contributed by atoms with Crippen LogP contribution in [0.25, 0.3) is 0 Å². The van der Waals surface area contributed by atoms with Crippen LogP contribution in [0.2, 0.25) is 4.34 Å². The summed E-state index contributed by atoms with van der Waals surface area (Å²) in [6, 6.07) is 11.4. The van der Waals surface area contributed by atoms with E-state index in [2.05, 4.69) is 24.0 Å². The molecule has 1 aliphatic rings. The molecule has 0 saturated carbocycles. The molecule has 2 aromatic rings. The van der Waals surface area contributed by atoms with E-state index in [0.29, 0.717) is 34.7 Å². The van der Waals surface area contributed by atoms with Gasteiger partial charge in [-0.05, 0) is 30.7 Å². The Balaban J connectivity index is 1.73. The zero-order chi connectivity index (χ0) is 15.7. The number of hydrogen-bond acceptors (Lipinski definition) is 4. The van der Waals surface area contributed by atoms with Gasteiger partial charge in [-0.15, -0.1) is 11.3 Å². The quantitative estimate of drug-likeness (QED) is 0.847. The molecule has 4 nitrogen and oxygen atoms in total. The zero-order valence-corrected chi connectivity index (χ0v) is 14.6. The second-order valence-electron chi connectivity index (χ2n) is 5.24. The predicted molar refractivity (Wildman–Crippen MR) is 91.5 cm³/mol. The molecule has 0 N–H and O–H groups in total. The van der Waals surface area contributed by atoms with E-state index in [1.807, 2.05) is 12.1 Å². The molecule has 7 heteroatoms. The van der Waals surface area contributed by atoms with Crippen molar-refractivity contribution < 1.29 is 8.42 Å². The van der Waals surface area contributed by atoms with Gasteiger partial charge in [0, 0.05) is 31.9 Å². The Labute approximate surface area is 140 Å². The van der Waals surface area contributed by atoms with Gasteiger partial charge in [0.1, 0.15) is 4.21 Å². The summed E-state index contributed by atoms with van der Waals surface area (Å²) in [7, 11) is -3.42. The summed E-state index contributed by atoms with van der Waals surface area (Å²) in [4.78, 5) is 2.24. The van der Waals surface area contributed by atoms with Crippen LogP contribution in [0, 0.1) is 6.92 Å². The van der Waals surface area contributed by atoms with Gasteiger partial charge in [0.05, 0.1) is 4.34 Å². The molecular weight excluding hydrogens is 340 g/mol. The van der Waals surface area contributed by atoms with Crippen LogP contribution in [0.5, 0.6) is 0 Å². The van der Waals surface area contributed by atoms with Gasteiger partial charge in [-0.3, -0.25) is 0 Å². The summed E-state index contributed by atoms with van der Waals surface area (Å²) in [5, 5.41) is 0. The zero-order valence-electron chi connectivity index (χ0n) is 12.2. The Kier molecular flexibility index (Phi) is 4.45. The van der Waals surface area contributed by atoms with Crippen molar-refractivity contribution in [1.29, 1.82) is 0 Å². The molecule has 2 heterocycles. The van der Waals surface area contributed by atoms with Crippen molar-refractivity contribution in [2.75, 3.05) is 31.1 Å². The van der Waals surface area contributed by atoms with Crippen molar-refractivity contribution in [3.05, 3.63) is 46.3 Å². The molecule has 118 valence electrons. The maximum Gasteiger partial charge on any atom is 0.252 e. The summed E-state index contributed by atoms with van der Waals surface area (Å²) in [6.07, 6.45) is 0. The molecule has 1 fully saturated rings. The van der Waals surface area contributed by atoms with Gasteiger partial charge in [0.25, 0.3) is 10.0 Å². The summed E-state index contributed by atoms with van der Waals surface area (Å²) in [6.45, 7) is 4.46. The smallest absolute Gasteiger partial charge is 0.252 e. The third-order valence-corrected chi connectivity index (χ3v) is 7.43. The summed E-state index contributed by atoms with van der Waals surface area (Å²) >= 11 is 6.96. The third-order valence-electron chi connectivity index (χ3n) is 3.84. The minimum Gasteiger partial charge on any atom is -0.369 e. The number of sulfonamides is 1. The Morgan fingerprint density at radius 3 is 2.32 bits per heavy atom. The average Bonchev–Trinajstić information content (AvgIpc) is 2.95. The first kappa shape index (κ1) is 15.8. The van der Waals surface area contributed by atoms with E-state index in [0.717, 1.165) is 11.3 Å². The van der Waals surface area contributed by atoms with Gasteiger partial charge in [-0.1, -0.05) is 29.8 Å². The fourth-order valence-electron chi connectivity index (χ4n) is 2.65. The van der Waals surface area contributed by atoms with Crippen molar-refractivity contribution in [1.82, 2.24) is 4.31 Å². The molecule has 1 aromatic carbocycles. The van der Waals surface area contributed by atoms with Gasteiger partial charge < -0.3 is 4.90 Å². The average molecular weight is 357 g/mol. The third kappa shape index (κ3) is 3.01. The first-order chi connectivity index (χ1) is 10.5. The Morgan fingerprint density at radius 1 is 1.05 bits per heavy atom. The van der Waals surface area contributed by atoms with Crippen LogP contribution in [-0.2, 0) is 10.0 Å². The molecule has 1 saturated heterocycles. The maximum atomic E-state index is 12.6. The van der Waals surface area contributed by atoms with Crippen LogP contribution in [0.3, 0.4) is 0 Å². The van der Waals surface area contributed by atoms with Gasteiger partial charge in [-0.2, -0.15) is 4.31 Å². The molecule has 0 atom stereocenters. The molecular formula is C15H17ClN2O2S2. The molecule has 0 amide bonds. The lowest BCUT2D eigenvalue weighted by Gasteiger charge is -2.35. The molecule has 0 bridgehead atoms. The van der Waals surface area contributed by atoms with Crippen LogP contribution < -0.4 is 4.90 Å². The van der Waals surface area contributed by atoms with Crippen molar-refractivity contribution in [2.24, 2.45) is 0 Å². The molecule has 22 heavy (non-hydrogen) atoms. The Morgan fingerprint density at radius 2 is 1.73 bits per heavy atom. The number of aryl methyl sites for hydroxylation is 1. The highest BCUT2D eigenvalue weighted by Gasteiger charge is 2.29. The minimum absolute atomic E-state index is 0.321. The number of piperazine rings is 1. The molecule has 1 aliphatic heterocycles. The fraction of sp³-hybridized carbons (Fsp3) is 0.333. The molecule has 0 aliphatic carbocycles. The number of rotatable bonds is 3. The van der Waals surface area contributed by atoms with Gasteiger partial charge in [0.2, 0.25) is 0 Å². The lowest BCUT2D eigenvalue weighted by atomic mass is 10.1. The lowest BCUT2D eigenvalue weighted by Crippen LogP contribution is -2.48. The number of para-hydroxylation sites is 1. The van der Waals surface area contributed by atoms with Crippen molar-refractivity contribution in [2.45, 2.75) is 11.1 Å². The Bertz CT molecular complexity index is 765. The molecule has 0 spiro atoms. The first-order valence-corrected chi connectivity index (χ1v) is 9.68. The number of halogens is 1. The molecule has 0 radical (unpaired) electrons. The van der Waals surface area contributed by atoms with Crippen LogP contribution in [0.4, 0.5) is 5.69 Å². The van der Waals surface area contributed by atoms with Crippen molar-refractivity contribution in [3.63, 3.8) is 0 Å².